The number of hydrazine groups is 1. The van der Waals surface area contributed by atoms with Crippen molar-refractivity contribution in [3.05, 3.63) is 52.3 Å². The minimum atomic E-state index is -0.523. The van der Waals surface area contributed by atoms with Crippen molar-refractivity contribution in [3.63, 3.8) is 0 Å². The second kappa shape index (κ2) is 7.78. The van der Waals surface area contributed by atoms with Crippen LogP contribution in [0.15, 0.2) is 41.0 Å². The minimum Gasteiger partial charge on any atom is -0.484 e. The normalized spacial score (nSPS) is 10.1. The molecule has 0 spiro atoms. The Hall–Kier alpha value is -2.61. The van der Waals surface area contributed by atoms with E-state index in [0.717, 1.165) is 4.47 Å². The minimum absolute atomic E-state index is 0.0918. The molecule has 0 unspecified atom stereocenters. The van der Waals surface area contributed by atoms with Crippen LogP contribution in [0.2, 0.25) is 0 Å². The smallest absolute Gasteiger partial charge is 0.286 e. The molecular weight excluding hydrogens is 378 g/mol. The van der Waals surface area contributed by atoms with E-state index in [0.29, 0.717) is 17.0 Å². The van der Waals surface area contributed by atoms with E-state index >= 15 is 0 Å². The second-order valence-electron chi connectivity index (χ2n) is 5.03. The maximum absolute atomic E-state index is 11.9. The van der Waals surface area contributed by atoms with Gasteiger partial charge in [-0.05, 0) is 41.1 Å². The molecule has 0 bridgehead atoms. The van der Waals surface area contributed by atoms with Crippen LogP contribution in [-0.4, -0.2) is 28.8 Å². The molecule has 0 radical (unpaired) electrons. The van der Waals surface area contributed by atoms with Crippen molar-refractivity contribution in [2.45, 2.75) is 6.92 Å². The summed E-state index contributed by atoms with van der Waals surface area (Å²) < 4.78 is 7.68. The third-order valence-electron chi connectivity index (χ3n) is 3.13. The lowest BCUT2D eigenvalue weighted by Gasteiger charge is -2.09. The highest BCUT2D eigenvalue weighted by atomic mass is 79.9. The third kappa shape index (κ3) is 4.69. The molecule has 7 nitrogen and oxygen atoms in total. The number of halogens is 1. The first-order valence-corrected chi connectivity index (χ1v) is 7.81. The van der Waals surface area contributed by atoms with Crippen LogP contribution in [0.5, 0.6) is 5.75 Å². The fraction of sp³-hybridized carbons (Fsp3) is 0.188. The molecule has 0 aliphatic rings. The van der Waals surface area contributed by atoms with E-state index in [4.69, 9.17) is 4.74 Å². The summed E-state index contributed by atoms with van der Waals surface area (Å²) in [4.78, 5) is 34.9. The van der Waals surface area contributed by atoms with Gasteiger partial charge in [0.2, 0.25) is 0 Å². The quantitative estimate of drug-likeness (QED) is 0.598. The number of hydrogen-bond donors (Lipinski definition) is 2. The number of nitrogens with one attached hydrogen (secondary N) is 2. The molecule has 1 heterocycles. The van der Waals surface area contributed by atoms with Gasteiger partial charge in [-0.15, -0.1) is 0 Å². The van der Waals surface area contributed by atoms with Crippen molar-refractivity contribution in [1.29, 1.82) is 0 Å². The third-order valence-corrected chi connectivity index (χ3v) is 3.56. The lowest BCUT2D eigenvalue weighted by Crippen LogP contribution is -2.44. The number of nitrogens with zero attached hydrogens (tertiary/aromatic N) is 1. The average Bonchev–Trinajstić information content (AvgIpc) is 2.89. The van der Waals surface area contributed by atoms with Gasteiger partial charge in [0.15, 0.2) is 12.4 Å². The lowest BCUT2D eigenvalue weighted by atomic mass is 10.1. The number of amides is 2. The first-order chi connectivity index (χ1) is 11.4. The first kappa shape index (κ1) is 17.7. The maximum atomic E-state index is 11.9. The van der Waals surface area contributed by atoms with Crippen LogP contribution in [0, 0.1) is 0 Å². The Balaban J connectivity index is 1.83. The number of carbonyl (C=O) groups excluding carboxylic acids is 3. The molecule has 2 aromatic rings. The van der Waals surface area contributed by atoms with Gasteiger partial charge < -0.3 is 9.30 Å². The van der Waals surface area contributed by atoms with E-state index in [2.05, 4.69) is 26.8 Å². The van der Waals surface area contributed by atoms with Crippen LogP contribution >= 0.6 is 15.9 Å². The van der Waals surface area contributed by atoms with Crippen LogP contribution < -0.4 is 15.6 Å². The number of aryl methyl sites for hydroxylation is 1. The largest absolute Gasteiger partial charge is 0.484 e. The maximum Gasteiger partial charge on any atom is 0.286 e. The van der Waals surface area contributed by atoms with Crippen molar-refractivity contribution in [3.8, 4) is 5.75 Å². The number of carbonyl (C=O) groups is 3. The Morgan fingerprint density at radius 2 is 1.96 bits per heavy atom. The number of benzene rings is 1. The Labute approximate surface area is 147 Å². The first-order valence-electron chi connectivity index (χ1n) is 7.01. The molecule has 2 amide bonds. The van der Waals surface area contributed by atoms with E-state index in [1.54, 1.807) is 48.1 Å². The summed E-state index contributed by atoms with van der Waals surface area (Å²) in [6.45, 7) is 1.15. The fourth-order valence-electron chi connectivity index (χ4n) is 1.93. The van der Waals surface area contributed by atoms with Gasteiger partial charge in [0, 0.05) is 23.3 Å². The topological polar surface area (TPSA) is 89.4 Å². The molecule has 1 aromatic heterocycles. The van der Waals surface area contributed by atoms with E-state index in [1.165, 1.54) is 6.92 Å². The summed E-state index contributed by atoms with van der Waals surface area (Å²) in [5.74, 6) is -0.665. The Kier molecular flexibility index (Phi) is 5.75. The van der Waals surface area contributed by atoms with Crippen LogP contribution in [-0.2, 0) is 11.8 Å². The number of ketones is 1. The lowest BCUT2D eigenvalue weighted by molar-refractivity contribution is -0.123. The molecule has 0 saturated carbocycles. The summed E-state index contributed by atoms with van der Waals surface area (Å²) in [5.41, 5.74) is 5.45. The molecule has 126 valence electrons. The van der Waals surface area contributed by atoms with Gasteiger partial charge in [0.1, 0.15) is 11.4 Å². The zero-order valence-electron chi connectivity index (χ0n) is 13.1. The predicted octanol–water partition coefficient (Wildman–Crippen LogP) is 1.83. The van der Waals surface area contributed by atoms with Crippen molar-refractivity contribution in [2.75, 3.05) is 6.61 Å². The molecule has 2 N–H and O–H groups in total. The van der Waals surface area contributed by atoms with Gasteiger partial charge >= 0.3 is 0 Å². The second-order valence-corrected chi connectivity index (χ2v) is 5.95. The highest BCUT2D eigenvalue weighted by Crippen LogP contribution is 2.14. The average molecular weight is 394 g/mol. The van der Waals surface area contributed by atoms with Gasteiger partial charge in [0.05, 0.1) is 0 Å². The zero-order valence-corrected chi connectivity index (χ0v) is 14.7. The van der Waals surface area contributed by atoms with E-state index in [1.807, 2.05) is 0 Å². The Morgan fingerprint density at radius 3 is 2.58 bits per heavy atom. The molecule has 24 heavy (non-hydrogen) atoms. The molecule has 2 rings (SSSR count). The monoisotopic (exact) mass is 393 g/mol. The van der Waals surface area contributed by atoms with Crippen LogP contribution in [0.1, 0.15) is 27.8 Å². The molecular formula is C16H16BrN3O4. The van der Waals surface area contributed by atoms with Crippen LogP contribution in [0.3, 0.4) is 0 Å². The van der Waals surface area contributed by atoms with Crippen molar-refractivity contribution >= 4 is 33.5 Å². The molecule has 1 aromatic carbocycles. The van der Waals surface area contributed by atoms with Gasteiger partial charge in [0.25, 0.3) is 11.8 Å². The molecule has 0 atom stereocenters. The SMILES string of the molecule is CC(=O)c1cccc(OCC(=O)NNC(=O)c2cc(Br)cn2C)c1. The standard InChI is InChI=1S/C16H16BrN3O4/c1-10(21)11-4-3-5-13(6-11)24-9-15(22)18-19-16(23)14-7-12(17)8-20(14)2/h3-8H,9H2,1-2H3,(H,18,22)(H,19,23). The Bertz CT molecular complexity index is 785. The summed E-state index contributed by atoms with van der Waals surface area (Å²) in [7, 11) is 1.71. The number of ether oxygens (including phenoxy) is 1. The van der Waals surface area contributed by atoms with Gasteiger partial charge in [-0.25, -0.2) is 0 Å². The number of Topliss-reactive ketones (excluding diaryl/α,β-unsaturated/α-hetero) is 1. The summed E-state index contributed by atoms with van der Waals surface area (Å²) in [6, 6.07) is 8.15. The van der Waals surface area contributed by atoms with Crippen LogP contribution in [0.4, 0.5) is 0 Å². The molecule has 0 aliphatic carbocycles. The summed E-state index contributed by atoms with van der Waals surface area (Å²) in [6.07, 6.45) is 1.72. The van der Waals surface area contributed by atoms with Gasteiger partial charge in [-0.1, -0.05) is 12.1 Å². The van der Waals surface area contributed by atoms with Crippen LogP contribution in [0.25, 0.3) is 0 Å². The summed E-state index contributed by atoms with van der Waals surface area (Å²) >= 11 is 3.27. The highest BCUT2D eigenvalue weighted by Gasteiger charge is 2.12. The highest BCUT2D eigenvalue weighted by molar-refractivity contribution is 9.10. The molecule has 0 fully saturated rings. The van der Waals surface area contributed by atoms with E-state index in [9.17, 15) is 14.4 Å². The van der Waals surface area contributed by atoms with Gasteiger partial charge in [-0.2, -0.15) is 0 Å². The molecule has 0 aliphatic heterocycles. The Morgan fingerprint density at radius 1 is 1.21 bits per heavy atom. The molecule has 8 heteroatoms. The molecule has 0 saturated heterocycles. The number of aromatic nitrogens is 1. The zero-order chi connectivity index (χ0) is 17.7. The van der Waals surface area contributed by atoms with E-state index < -0.39 is 11.8 Å². The van der Waals surface area contributed by atoms with Gasteiger partial charge in [-0.3, -0.25) is 25.2 Å². The van der Waals surface area contributed by atoms with Crippen molar-refractivity contribution < 1.29 is 19.1 Å². The fourth-order valence-corrected chi connectivity index (χ4v) is 2.45. The van der Waals surface area contributed by atoms with Crippen molar-refractivity contribution in [1.82, 2.24) is 15.4 Å². The summed E-state index contributed by atoms with van der Waals surface area (Å²) in [5, 5.41) is 0. The number of rotatable bonds is 5. The van der Waals surface area contributed by atoms with E-state index in [-0.39, 0.29) is 12.4 Å². The van der Waals surface area contributed by atoms with Crippen molar-refractivity contribution in [2.24, 2.45) is 7.05 Å². The number of hydrogen-bond acceptors (Lipinski definition) is 4. The predicted molar refractivity (Wildman–Crippen MR) is 90.7 cm³/mol.